The molecule has 1 aromatic heterocycles. The maximum Gasteiger partial charge on any atom is 0.179 e. The molecule has 6 nitrogen and oxygen atoms in total. The number of hydrogen-bond acceptors (Lipinski definition) is 5. The fraction of sp³-hybridized carbons (Fsp3) is 0.300. The van der Waals surface area contributed by atoms with Gasteiger partial charge in [0.15, 0.2) is 11.5 Å². The van der Waals surface area contributed by atoms with Crippen LogP contribution in [0.5, 0.6) is 11.5 Å². The summed E-state index contributed by atoms with van der Waals surface area (Å²) in [5.74, 6) is 1.23. The van der Waals surface area contributed by atoms with E-state index in [4.69, 9.17) is 21.1 Å². The molecule has 0 spiro atoms. The Balaban J connectivity index is 1.67. The minimum Gasteiger partial charge on any atom is -0.491 e. The topological polar surface area (TPSA) is 61.2 Å². The Hall–Kier alpha value is -2.57. The van der Waals surface area contributed by atoms with E-state index in [-0.39, 0.29) is 6.04 Å². The molecule has 3 rings (SSSR count). The van der Waals surface area contributed by atoms with E-state index < -0.39 is 0 Å². The molecule has 0 radical (unpaired) electrons. The zero-order chi connectivity index (χ0) is 19.2. The van der Waals surface area contributed by atoms with Crippen molar-refractivity contribution in [1.82, 2.24) is 20.1 Å². The third kappa shape index (κ3) is 4.59. The quantitative estimate of drug-likeness (QED) is 0.629. The summed E-state index contributed by atoms with van der Waals surface area (Å²) in [6.45, 7) is 5.27. The van der Waals surface area contributed by atoms with Gasteiger partial charge in [0, 0.05) is 12.6 Å². The van der Waals surface area contributed by atoms with E-state index in [1.807, 2.05) is 31.2 Å². The van der Waals surface area contributed by atoms with E-state index in [1.54, 1.807) is 18.1 Å². The maximum atomic E-state index is 6.32. The minimum absolute atomic E-state index is 0.172. The lowest BCUT2D eigenvalue weighted by Gasteiger charge is -2.17. The second-order valence-electron chi connectivity index (χ2n) is 6.08. The van der Waals surface area contributed by atoms with Gasteiger partial charge in [-0.2, -0.15) is 5.10 Å². The average molecular weight is 387 g/mol. The van der Waals surface area contributed by atoms with Crippen LogP contribution >= 0.6 is 11.6 Å². The monoisotopic (exact) mass is 386 g/mol. The molecule has 1 unspecified atom stereocenters. The van der Waals surface area contributed by atoms with Gasteiger partial charge in [-0.05, 0) is 49.2 Å². The molecule has 2 aromatic carbocycles. The van der Waals surface area contributed by atoms with Crippen LogP contribution in [0.15, 0.2) is 49.1 Å². The molecule has 1 atom stereocenters. The second kappa shape index (κ2) is 8.88. The van der Waals surface area contributed by atoms with Crippen LogP contribution in [0.2, 0.25) is 5.02 Å². The molecule has 0 aliphatic heterocycles. The standard InChI is InChI=1S/C20H23ClN4O2/c1-4-27-19-10-15(9-18(21)20(19)26-3)11-23-14(2)16-5-7-17(8-6-16)25-13-22-12-24-25/h5-10,12-14,23H,4,11H2,1-3H3. The smallest absolute Gasteiger partial charge is 0.179 e. The van der Waals surface area contributed by atoms with E-state index in [0.717, 1.165) is 11.3 Å². The number of methoxy groups -OCH3 is 1. The number of rotatable bonds is 8. The third-order valence-corrected chi connectivity index (χ3v) is 4.54. The molecular formula is C20H23ClN4O2. The van der Waals surface area contributed by atoms with Crippen molar-refractivity contribution >= 4 is 11.6 Å². The summed E-state index contributed by atoms with van der Waals surface area (Å²) in [5, 5.41) is 8.20. The highest BCUT2D eigenvalue weighted by molar-refractivity contribution is 6.32. The predicted molar refractivity (Wildman–Crippen MR) is 106 cm³/mol. The largest absolute Gasteiger partial charge is 0.491 e. The van der Waals surface area contributed by atoms with Gasteiger partial charge in [-0.15, -0.1) is 0 Å². The first kappa shape index (κ1) is 19.2. The fourth-order valence-corrected chi connectivity index (χ4v) is 3.14. The molecule has 7 heteroatoms. The first-order valence-electron chi connectivity index (χ1n) is 8.80. The summed E-state index contributed by atoms with van der Waals surface area (Å²) in [6, 6.07) is 12.3. The molecule has 0 saturated heterocycles. The normalized spacial score (nSPS) is 12.0. The van der Waals surface area contributed by atoms with Crippen molar-refractivity contribution in [2.75, 3.05) is 13.7 Å². The van der Waals surface area contributed by atoms with Gasteiger partial charge in [0.05, 0.1) is 24.4 Å². The molecule has 0 bridgehead atoms. The van der Waals surface area contributed by atoms with Gasteiger partial charge < -0.3 is 14.8 Å². The van der Waals surface area contributed by atoms with Crippen molar-refractivity contribution in [3.05, 3.63) is 65.2 Å². The van der Waals surface area contributed by atoms with Gasteiger partial charge in [-0.3, -0.25) is 0 Å². The molecule has 0 aliphatic carbocycles. The van der Waals surface area contributed by atoms with E-state index in [9.17, 15) is 0 Å². The first-order valence-corrected chi connectivity index (χ1v) is 9.17. The van der Waals surface area contributed by atoms with Crippen LogP contribution in [-0.4, -0.2) is 28.5 Å². The Morgan fingerprint density at radius 1 is 1.22 bits per heavy atom. The zero-order valence-corrected chi connectivity index (χ0v) is 16.4. The van der Waals surface area contributed by atoms with Crippen molar-refractivity contribution < 1.29 is 9.47 Å². The van der Waals surface area contributed by atoms with Gasteiger partial charge in [-0.25, -0.2) is 9.67 Å². The lowest BCUT2D eigenvalue weighted by Crippen LogP contribution is -2.18. The third-order valence-electron chi connectivity index (χ3n) is 4.26. The molecule has 1 N–H and O–H groups in total. The second-order valence-corrected chi connectivity index (χ2v) is 6.48. The molecule has 1 heterocycles. The Bertz CT molecular complexity index is 866. The highest BCUT2D eigenvalue weighted by Crippen LogP contribution is 2.36. The number of halogens is 1. The predicted octanol–water partition coefficient (Wildman–Crippen LogP) is 4.18. The van der Waals surface area contributed by atoms with Crippen LogP contribution in [0.4, 0.5) is 0 Å². The summed E-state index contributed by atoms with van der Waals surface area (Å²) >= 11 is 6.32. The van der Waals surface area contributed by atoms with Crippen LogP contribution in [0.3, 0.4) is 0 Å². The molecule has 3 aromatic rings. The van der Waals surface area contributed by atoms with Gasteiger partial charge in [-0.1, -0.05) is 23.7 Å². The SMILES string of the molecule is CCOc1cc(CNC(C)c2ccc(-n3cncn3)cc2)cc(Cl)c1OC. The first-order chi connectivity index (χ1) is 13.1. The van der Waals surface area contributed by atoms with Gasteiger partial charge in [0.25, 0.3) is 0 Å². The highest BCUT2D eigenvalue weighted by Gasteiger charge is 2.12. The van der Waals surface area contributed by atoms with Crippen molar-refractivity contribution in [3.8, 4) is 17.2 Å². The minimum atomic E-state index is 0.172. The summed E-state index contributed by atoms with van der Waals surface area (Å²) < 4.78 is 12.7. The number of ether oxygens (including phenoxy) is 2. The van der Waals surface area contributed by atoms with Crippen molar-refractivity contribution in [2.45, 2.75) is 26.4 Å². The number of aromatic nitrogens is 3. The molecule has 0 fully saturated rings. The molecule has 142 valence electrons. The molecule has 27 heavy (non-hydrogen) atoms. The van der Waals surface area contributed by atoms with Crippen molar-refractivity contribution in [1.29, 1.82) is 0 Å². The summed E-state index contributed by atoms with van der Waals surface area (Å²) in [4.78, 5) is 3.97. The Morgan fingerprint density at radius 3 is 2.63 bits per heavy atom. The van der Waals surface area contributed by atoms with Gasteiger partial charge in [0.2, 0.25) is 0 Å². The lowest BCUT2D eigenvalue weighted by molar-refractivity contribution is 0.310. The fourth-order valence-electron chi connectivity index (χ4n) is 2.83. The van der Waals surface area contributed by atoms with Gasteiger partial charge >= 0.3 is 0 Å². The summed E-state index contributed by atoms with van der Waals surface area (Å²) in [7, 11) is 1.59. The number of nitrogens with zero attached hydrogens (tertiary/aromatic N) is 3. The van der Waals surface area contributed by atoms with E-state index in [2.05, 4.69) is 34.5 Å². The molecule has 0 saturated carbocycles. The van der Waals surface area contributed by atoms with E-state index in [0.29, 0.717) is 29.7 Å². The van der Waals surface area contributed by atoms with Crippen molar-refractivity contribution in [3.63, 3.8) is 0 Å². The molecule has 0 amide bonds. The van der Waals surface area contributed by atoms with E-state index in [1.165, 1.54) is 11.9 Å². The Labute approximate surface area is 164 Å². The number of benzene rings is 2. The van der Waals surface area contributed by atoms with Crippen molar-refractivity contribution in [2.24, 2.45) is 0 Å². The number of nitrogens with one attached hydrogen (secondary N) is 1. The van der Waals surface area contributed by atoms with E-state index >= 15 is 0 Å². The van der Waals surface area contributed by atoms with Crippen LogP contribution in [0.1, 0.15) is 31.0 Å². The van der Waals surface area contributed by atoms with Crippen LogP contribution < -0.4 is 14.8 Å². The highest BCUT2D eigenvalue weighted by atomic mass is 35.5. The van der Waals surface area contributed by atoms with Gasteiger partial charge in [0.1, 0.15) is 12.7 Å². The number of hydrogen-bond donors (Lipinski definition) is 1. The Kier molecular flexibility index (Phi) is 6.32. The Morgan fingerprint density at radius 2 is 2.00 bits per heavy atom. The average Bonchev–Trinajstić information content (AvgIpc) is 3.21. The van der Waals surface area contributed by atoms with Crippen LogP contribution in [-0.2, 0) is 6.54 Å². The van der Waals surface area contributed by atoms with Crippen LogP contribution in [0, 0.1) is 0 Å². The summed E-state index contributed by atoms with van der Waals surface area (Å²) in [5.41, 5.74) is 3.20. The maximum absolute atomic E-state index is 6.32. The van der Waals surface area contributed by atoms with Crippen LogP contribution in [0.25, 0.3) is 5.69 Å². The summed E-state index contributed by atoms with van der Waals surface area (Å²) in [6.07, 6.45) is 3.20. The zero-order valence-electron chi connectivity index (χ0n) is 15.6. The molecule has 0 aliphatic rings. The molecular weight excluding hydrogens is 364 g/mol. The lowest BCUT2D eigenvalue weighted by atomic mass is 10.1.